The van der Waals surface area contributed by atoms with Crippen LogP contribution in [0.2, 0.25) is 5.02 Å². The quantitative estimate of drug-likeness (QED) is 0.734. The van der Waals surface area contributed by atoms with E-state index in [2.05, 4.69) is 0 Å². The van der Waals surface area contributed by atoms with Crippen LogP contribution in [0.15, 0.2) is 45.9 Å². The second kappa shape index (κ2) is 8.03. The van der Waals surface area contributed by atoms with Crippen molar-refractivity contribution < 1.29 is 17.6 Å². The Morgan fingerprint density at radius 1 is 1.20 bits per heavy atom. The van der Waals surface area contributed by atoms with Gasteiger partial charge in [0.15, 0.2) is 0 Å². The lowest BCUT2D eigenvalue weighted by molar-refractivity contribution is 0.0775. The summed E-state index contributed by atoms with van der Waals surface area (Å²) >= 11 is 6.14. The number of sulfonamides is 1. The number of furan rings is 1. The molecule has 0 saturated heterocycles. The van der Waals surface area contributed by atoms with E-state index in [1.54, 1.807) is 33.0 Å². The monoisotopic (exact) mass is 384 g/mol. The van der Waals surface area contributed by atoms with Crippen LogP contribution in [0, 0.1) is 0 Å². The molecule has 136 valence electrons. The molecule has 0 saturated carbocycles. The normalized spacial score (nSPS) is 11.7. The largest absolute Gasteiger partial charge is 0.467 e. The number of halogens is 1. The molecule has 0 spiro atoms. The molecule has 1 amide bonds. The highest BCUT2D eigenvalue weighted by Gasteiger charge is 2.25. The Balaban J connectivity index is 2.34. The van der Waals surface area contributed by atoms with Gasteiger partial charge in [-0.1, -0.05) is 25.4 Å². The minimum absolute atomic E-state index is 0.0512. The van der Waals surface area contributed by atoms with Crippen molar-refractivity contribution in [1.82, 2.24) is 9.21 Å². The fourth-order valence-corrected chi connectivity index (χ4v) is 4.14. The van der Waals surface area contributed by atoms with Crippen molar-refractivity contribution in [3.63, 3.8) is 0 Å². The standard InChI is InChI=1S/C17H21ClN2O4S/c1-4-20(5-2)25(22,23)14-8-9-16(18)15(11-14)17(21)19(3)12-13-7-6-10-24-13/h6-11H,4-5,12H2,1-3H3. The molecule has 0 fully saturated rings. The smallest absolute Gasteiger partial charge is 0.255 e. The highest BCUT2D eigenvalue weighted by atomic mass is 35.5. The number of rotatable bonds is 7. The van der Waals surface area contributed by atoms with Gasteiger partial charge in [-0.2, -0.15) is 4.31 Å². The Labute approximate surface area is 153 Å². The third-order valence-corrected chi connectivity index (χ3v) is 6.21. The van der Waals surface area contributed by atoms with Crippen molar-refractivity contribution in [2.75, 3.05) is 20.1 Å². The number of amides is 1. The Bertz CT molecular complexity index is 830. The van der Waals surface area contributed by atoms with Gasteiger partial charge in [-0.15, -0.1) is 0 Å². The van der Waals surface area contributed by atoms with Gasteiger partial charge in [0.05, 0.1) is 28.3 Å². The highest BCUT2D eigenvalue weighted by Crippen LogP contribution is 2.24. The van der Waals surface area contributed by atoms with Gasteiger partial charge < -0.3 is 9.32 Å². The molecule has 1 aromatic carbocycles. The van der Waals surface area contributed by atoms with E-state index in [9.17, 15) is 13.2 Å². The maximum atomic E-state index is 12.7. The first kappa shape index (κ1) is 19.5. The zero-order valence-corrected chi connectivity index (χ0v) is 16.0. The van der Waals surface area contributed by atoms with E-state index >= 15 is 0 Å². The first-order chi connectivity index (χ1) is 11.8. The molecule has 0 atom stereocenters. The van der Waals surface area contributed by atoms with Gasteiger partial charge in [-0.3, -0.25) is 4.79 Å². The predicted octanol–water partition coefficient (Wildman–Crippen LogP) is 3.24. The van der Waals surface area contributed by atoms with Crippen LogP contribution in [0.5, 0.6) is 0 Å². The van der Waals surface area contributed by atoms with Crippen LogP contribution in [0.4, 0.5) is 0 Å². The first-order valence-electron chi connectivity index (χ1n) is 7.88. The molecule has 0 unspecified atom stereocenters. The van der Waals surface area contributed by atoms with Crippen molar-refractivity contribution >= 4 is 27.5 Å². The maximum Gasteiger partial charge on any atom is 0.255 e. The molecule has 2 rings (SSSR count). The molecule has 0 aliphatic carbocycles. The lowest BCUT2D eigenvalue weighted by atomic mass is 10.2. The first-order valence-corrected chi connectivity index (χ1v) is 9.70. The maximum absolute atomic E-state index is 12.7. The molecule has 0 radical (unpaired) electrons. The molecule has 25 heavy (non-hydrogen) atoms. The Morgan fingerprint density at radius 2 is 1.88 bits per heavy atom. The fraction of sp³-hybridized carbons (Fsp3) is 0.353. The van der Waals surface area contributed by atoms with Crippen LogP contribution in [-0.2, 0) is 16.6 Å². The summed E-state index contributed by atoms with van der Waals surface area (Å²) in [7, 11) is -2.06. The average molecular weight is 385 g/mol. The van der Waals surface area contributed by atoms with E-state index < -0.39 is 10.0 Å². The summed E-state index contributed by atoms with van der Waals surface area (Å²) in [6.07, 6.45) is 1.53. The third kappa shape index (κ3) is 4.23. The van der Waals surface area contributed by atoms with E-state index in [1.807, 2.05) is 0 Å². The van der Waals surface area contributed by atoms with E-state index in [4.69, 9.17) is 16.0 Å². The molecule has 0 bridgehead atoms. The van der Waals surface area contributed by atoms with Crippen LogP contribution < -0.4 is 0 Å². The minimum atomic E-state index is -3.66. The summed E-state index contributed by atoms with van der Waals surface area (Å²) in [6, 6.07) is 7.67. The number of carbonyl (C=O) groups is 1. The summed E-state index contributed by atoms with van der Waals surface area (Å²) in [5.41, 5.74) is 0.143. The van der Waals surface area contributed by atoms with Crippen LogP contribution in [0.1, 0.15) is 30.0 Å². The molecule has 1 aromatic heterocycles. The second-order valence-corrected chi connectivity index (χ2v) is 7.82. The van der Waals surface area contributed by atoms with Gasteiger partial charge in [0.1, 0.15) is 5.76 Å². The van der Waals surface area contributed by atoms with Gasteiger partial charge in [0.25, 0.3) is 5.91 Å². The molecular formula is C17H21ClN2O4S. The average Bonchev–Trinajstić information content (AvgIpc) is 3.08. The lowest BCUT2D eigenvalue weighted by Gasteiger charge is -2.20. The topological polar surface area (TPSA) is 70.8 Å². The van der Waals surface area contributed by atoms with Crippen LogP contribution in [-0.4, -0.2) is 43.7 Å². The van der Waals surface area contributed by atoms with E-state index in [0.717, 1.165) is 0 Å². The number of carbonyl (C=O) groups excluding carboxylic acids is 1. The number of benzene rings is 1. The Kier molecular flexibility index (Phi) is 6.26. The summed E-state index contributed by atoms with van der Waals surface area (Å²) in [4.78, 5) is 14.1. The molecule has 8 heteroatoms. The molecular weight excluding hydrogens is 364 g/mol. The van der Waals surface area contributed by atoms with Crippen molar-refractivity contribution in [1.29, 1.82) is 0 Å². The van der Waals surface area contributed by atoms with Crippen LogP contribution in [0.25, 0.3) is 0 Å². The van der Waals surface area contributed by atoms with Crippen LogP contribution in [0.3, 0.4) is 0 Å². The zero-order chi connectivity index (χ0) is 18.6. The zero-order valence-electron chi connectivity index (χ0n) is 14.4. The van der Waals surface area contributed by atoms with Gasteiger partial charge in [-0.25, -0.2) is 8.42 Å². The van der Waals surface area contributed by atoms with Crippen LogP contribution >= 0.6 is 11.6 Å². The minimum Gasteiger partial charge on any atom is -0.467 e. The second-order valence-electron chi connectivity index (χ2n) is 5.47. The van der Waals surface area contributed by atoms with Gasteiger partial charge in [0, 0.05) is 20.1 Å². The molecule has 0 aliphatic heterocycles. The number of hydrogen-bond acceptors (Lipinski definition) is 4. The van der Waals surface area contributed by atoms with Crippen molar-refractivity contribution in [2.45, 2.75) is 25.3 Å². The van der Waals surface area contributed by atoms with Crippen molar-refractivity contribution in [3.05, 3.63) is 52.9 Å². The molecule has 2 aromatic rings. The van der Waals surface area contributed by atoms with E-state index in [-0.39, 0.29) is 27.9 Å². The molecule has 6 nitrogen and oxygen atoms in total. The number of nitrogens with zero attached hydrogens (tertiary/aromatic N) is 2. The van der Waals surface area contributed by atoms with Gasteiger partial charge >= 0.3 is 0 Å². The molecule has 0 aliphatic rings. The van der Waals surface area contributed by atoms with E-state index in [0.29, 0.717) is 18.8 Å². The summed E-state index contributed by atoms with van der Waals surface area (Å²) in [5, 5.41) is 0.204. The summed E-state index contributed by atoms with van der Waals surface area (Å²) in [5.74, 6) is 0.247. The Hall–Kier alpha value is -1.83. The molecule has 0 N–H and O–H groups in total. The summed E-state index contributed by atoms with van der Waals surface area (Å²) < 4.78 is 31.9. The lowest BCUT2D eigenvalue weighted by Crippen LogP contribution is -2.31. The third-order valence-electron chi connectivity index (χ3n) is 3.83. The number of hydrogen-bond donors (Lipinski definition) is 0. The Morgan fingerprint density at radius 3 is 2.44 bits per heavy atom. The SMILES string of the molecule is CCN(CC)S(=O)(=O)c1ccc(Cl)c(C(=O)N(C)Cc2ccco2)c1. The van der Waals surface area contributed by atoms with E-state index in [1.165, 1.54) is 33.7 Å². The van der Waals surface area contributed by atoms with Crippen molar-refractivity contribution in [2.24, 2.45) is 0 Å². The predicted molar refractivity (Wildman–Crippen MR) is 96.1 cm³/mol. The van der Waals surface area contributed by atoms with Gasteiger partial charge in [-0.05, 0) is 30.3 Å². The fourth-order valence-electron chi connectivity index (χ4n) is 2.46. The van der Waals surface area contributed by atoms with Crippen molar-refractivity contribution in [3.8, 4) is 0 Å². The molecule has 1 heterocycles. The summed E-state index contributed by atoms with van der Waals surface area (Å²) in [6.45, 7) is 4.49. The highest BCUT2D eigenvalue weighted by molar-refractivity contribution is 7.89. The van der Waals surface area contributed by atoms with Gasteiger partial charge in [0.2, 0.25) is 10.0 Å².